The SMILES string of the molecule is Cc1c(F)ccc2c1C1(CCN(C(=O)c3ccc4[nH]ncc4n3)CC1)C(=O)N2CC(=O)N1CCCC1CCF. The van der Waals surface area contributed by atoms with Crippen molar-refractivity contribution in [2.75, 3.05) is 37.8 Å². The van der Waals surface area contributed by atoms with Crippen molar-refractivity contribution in [3.63, 3.8) is 0 Å². The molecule has 1 atom stereocenters. The van der Waals surface area contributed by atoms with Crippen LogP contribution in [0.25, 0.3) is 11.0 Å². The van der Waals surface area contributed by atoms with Gasteiger partial charge in [-0.1, -0.05) is 0 Å². The number of carbonyl (C=O) groups excluding carboxylic acids is 3. The zero-order valence-electron chi connectivity index (χ0n) is 21.8. The van der Waals surface area contributed by atoms with Gasteiger partial charge in [0.05, 0.1) is 23.8 Å². The Hall–Kier alpha value is -3.89. The highest BCUT2D eigenvalue weighted by Gasteiger charge is 2.54. The summed E-state index contributed by atoms with van der Waals surface area (Å²) < 4.78 is 27.9. The Morgan fingerprint density at radius 3 is 2.72 bits per heavy atom. The lowest BCUT2D eigenvalue weighted by Crippen LogP contribution is -2.52. The predicted octanol–water partition coefficient (Wildman–Crippen LogP) is 3.28. The van der Waals surface area contributed by atoms with E-state index in [1.54, 1.807) is 41.1 Å². The van der Waals surface area contributed by atoms with Crippen molar-refractivity contribution in [2.24, 2.45) is 0 Å². The van der Waals surface area contributed by atoms with Crippen LogP contribution < -0.4 is 4.90 Å². The van der Waals surface area contributed by atoms with Crippen molar-refractivity contribution in [1.82, 2.24) is 25.0 Å². The molecule has 1 spiro atoms. The highest BCUT2D eigenvalue weighted by molar-refractivity contribution is 6.11. The van der Waals surface area contributed by atoms with Gasteiger partial charge < -0.3 is 14.7 Å². The van der Waals surface area contributed by atoms with E-state index in [2.05, 4.69) is 15.2 Å². The smallest absolute Gasteiger partial charge is 0.272 e. The third-order valence-corrected chi connectivity index (χ3v) is 8.65. The molecule has 0 radical (unpaired) electrons. The minimum Gasteiger partial charge on any atom is -0.338 e. The van der Waals surface area contributed by atoms with Crippen LogP contribution in [-0.2, 0) is 15.0 Å². The number of amides is 3. The lowest BCUT2D eigenvalue weighted by atomic mass is 9.72. The molecular weight excluding hydrogens is 506 g/mol. The number of alkyl halides is 1. The number of hydrogen-bond donors (Lipinski definition) is 1. The van der Waals surface area contributed by atoms with E-state index in [1.807, 2.05) is 0 Å². The first-order chi connectivity index (χ1) is 18.8. The van der Waals surface area contributed by atoms with E-state index in [0.717, 1.165) is 18.4 Å². The highest BCUT2D eigenvalue weighted by atomic mass is 19.1. The summed E-state index contributed by atoms with van der Waals surface area (Å²) in [4.78, 5) is 49.9. The maximum absolute atomic E-state index is 14.8. The lowest BCUT2D eigenvalue weighted by Gasteiger charge is -2.39. The minimum absolute atomic E-state index is 0.160. The van der Waals surface area contributed by atoms with Crippen molar-refractivity contribution >= 4 is 34.4 Å². The van der Waals surface area contributed by atoms with Crippen LogP contribution in [0, 0.1) is 12.7 Å². The molecule has 0 aliphatic carbocycles. The third kappa shape index (κ3) is 4.06. The molecule has 6 rings (SSSR count). The number of pyridine rings is 1. The number of hydrogen-bond acceptors (Lipinski definition) is 5. The number of benzene rings is 1. The summed E-state index contributed by atoms with van der Waals surface area (Å²) in [7, 11) is 0. The molecule has 3 amide bonds. The van der Waals surface area contributed by atoms with E-state index < -0.39 is 17.9 Å². The number of carbonyl (C=O) groups is 3. The van der Waals surface area contributed by atoms with Gasteiger partial charge in [0.1, 0.15) is 23.6 Å². The molecular formula is C28H30F2N6O3. The van der Waals surface area contributed by atoms with Crippen LogP contribution in [0.5, 0.6) is 0 Å². The van der Waals surface area contributed by atoms with Crippen LogP contribution in [0.2, 0.25) is 0 Å². The van der Waals surface area contributed by atoms with Crippen LogP contribution >= 0.6 is 0 Å². The van der Waals surface area contributed by atoms with E-state index in [9.17, 15) is 23.2 Å². The normalized spacial score (nSPS) is 20.3. The summed E-state index contributed by atoms with van der Waals surface area (Å²) in [5.74, 6) is -1.12. The first-order valence-electron chi connectivity index (χ1n) is 13.4. The summed E-state index contributed by atoms with van der Waals surface area (Å²) in [5, 5.41) is 6.76. The van der Waals surface area contributed by atoms with Crippen molar-refractivity contribution in [2.45, 2.75) is 50.5 Å². The molecule has 11 heteroatoms. The molecule has 2 aromatic heterocycles. The lowest BCUT2D eigenvalue weighted by molar-refractivity contribution is -0.133. The molecule has 3 aliphatic rings. The number of aromatic amines is 1. The summed E-state index contributed by atoms with van der Waals surface area (Å²) in [6, 6.07) is 6.14. The van der Waals surface area contributed by atoms with E-state index in [4.69, 9.17) is 0 Å². The molecule has 39 heavy (non-hydrogen) atoms. The van der Waals surface area contributed by atoms with Crippen molar-refractivity contribution < 1.29 is 23.2 Å². The highest BCUT2D eigenvalue weighted by Crippen LogP contribution is 2.50. The van der Waals surface area contributed by atoms with Gasteiger partial charge in [0.25, 0.3) is 5.91 Å². The molecule has 0 bridgehead atoms. The molecule has 0 saturated carbocycles. The fraction of sp³-hybridized carbons (Fsp3) is 0.464. The second kappa shape index (κ2) is 9.69. The largest absolute Gasteiger partial charge is 0.338 e. The van der Waals surface area contributed by atoms with Gasteiger partial charge in [-0.2, -0.15) is 5.10 Å². The number of halogens is 2. The quantitative estimate of drug-likeness (QED) is 0.539. The predicted molar refractivity (Wildman–Crippen MR) is 140 cm³/mol. The number of nitrogens with zero attached hydrogens (tertiary/aromatic N) is 5. The van der Waals surface area contributed by atoms with Gasteiger partial charge in [0.2, 0.25) is 11.8 Å². The first kappa shape index (κ1) is 25.4. The van der Waals surface area contributed by atoms with Crippen LogP contribution in [-0.4, -0.2) is 81.6 Å². The second-order valence-electron chi connectivity index (χ2n) is 10.7. The Kier molecular flexibility index (Phi) is 6.31. The Labute approximate surface area is 224 Å². The number of fused-ring (bicyclic) bond motifs is 3. The van der Waals surface area contributed by atoms with E-state index in [1.165, 1.54) is 11.0 Å². The number of piperidine rings is 1. The zero-order chi connectivity index (χ0) is 27.3. The molecule has 3 aromatic rings. The molecule has 9 nitrogen and oxygen atoms in total. The summed E-state index contributed by atoms with van der Waals surface area (Å²) in [6.45, 7) is 2.12. The summed E-state index contributed by atoms with van der Waals surface area (Å²) >= 11 is 0. The number of nitrogens with one attached hydrogen (secondary N) is 1. The Morgan fingerprint density at radius 2 is 1.95 bits per heavy atom. The number of H-pyrrole nitrogens is 1. The maximum Gasteiger partial charge on any atom is 0.272 e. The zero-order valence-corrected chi connectivity index (χ0v) is 21.8. The monoisotopic (exact) mass is 536 g/mol. The molecule has 2 fully saturated rings. The molecule has 1 N–H and O–H groups in total. The fourth-order valence-corrected chi connectivity index (χ4v) is 6.62. The number of anilines is 1. The van der Waals surface area contributed by atoms with E-state index in [0.29, 0.717) is 47.4 Å². The molecule has 5 heterocycles. The third-order valence-electron chi connectivity index (χ3n) is 8.65. The molecule has 3 aliphatic heterocycles. The fourth-order valence-electron chi connectivity index (χ4n) is 6.62. The Bertz CT molecular complexity index is 1460. The topological polar surface area (TPSA) is 102 Å². The van der Waals surface area contributed by atoms with Gasteiger partial charge in [0, 0.05) is 31.4 Å². The number of likely N-dealkylation sites (tertiary alicyclic amines) is 2. The van der Waals surface area contributed by atoms with Crippen molar-refractivity contribution in [3.8, 4) is 0 Å². The van der Waals surface area contributed by atoms with Crippen molar-refractivity contribution in [3.05, 3.63) is 53.1 Å². The van der Waals surface area contributed by atoms with Crippen molar-refractivity contribution in [1.29, 1.82) is 0 Å². The molecule has 204 valence electrons. The summed E-state index contributed by atoms with van der Waals surface area (Å²) in [6.07, 6.45) is 4.02. The number of aromatic nitrogens is 3. The van der Waals surface area contributed by atoms with Gasteiger partial charge in [-0.05, 0) is 74.4 Å². The molecule has 1 aromatic carbocycles. The Balaban J connectivity index is 1.25. The average molecular weight is 537 g/mol. The van der Waals surface area contributed by atoms with Gasteiger partial charge in [-0.3, -0.25) is 23.9 Å². The summed E-state index contributed by atoms with van der Waals surface area (Å²) in [5.41, 5.74) is 2.12. The maximum atomic E-state index is 14.8. The van der Waals surface area contributed by atoms with Gasteiger partial charge in [-0.15, -0.1) is 0 Å². The van der Waals surface area contributed by atoms with Gasteiger partial charge in [-0.25, -0.2) is 9.37 Å². The van der Waals surface area contributed by atoms with Crippen LogP contribution in [0.15, 0.2) is 30.5 Å². The Morgan fingerprint density at radius 1 is 1.15 bits per heavy atom. The van der Waals surface area contributed by atoms with Crippen LogP contribution in [0.4, 0.5) is 14.5 Å². The van der Waals surface area contributed by atoms with E-state index >= 15 is 0 Å². The average Bonchev–Trinajstić information content (AvgIpc) is 3.66. The van der Waals surface area contributed by atoms with Gasteiger partial charge in [0.15, 0.2) is 0 Å². The van der Waals surface area contributed by atoms with Crippen LogP contribution in [0.1, 0.15) is 53.7 Å². The first-order valence-corrected chi connectivity index (χ1v) is 13.4. The molecule has 2 saturated heterocycles. The molecule has 1 unspecified atom stereocenters. The standard InChI is InChI=1S/C28H30F2N6O3/c1-17-19(30)4-7-23-25(17)28(27(39)36(23)16-24(37)35-12-2-3-18(35)8-11-29)9-13-34(14-10-28)26(38)21-6-5-20-22(32-21)15-31-33-20/h4-7,15,18H,2-3,8-14,16H2,1H3,(H,31,33). The minimum atomic E-state index is -1.02. The van der Waals surface area contributed by atoms with E-state index in [-0.39, 0.29) is 49.8 Å². The van der Waals surface area contributed by atoms with Gasteiger partial charge >= 0.3 is 0 Å². The van der Waals surface area contributed by atoms with Crippen LogP contribution in [0.3, 0.4) is 0 Å². The number of rotatable bonds is 5. The second-order valence-corrected chi connectivity index (χ2v) is 10.7.